The molecule has 0 saturated heterocycles. The van der Waals surface area contributed by atoms with Gasteiger partial charge in [0.25, 0.3) is 11.8 Å². The molecule has 0 saturated carbocycles. The molecule has 2 amide bonds. The Balaban J connectivity index is 1.55. The Kier molecular flexibility index (Phi) is 6.32. The second kappa shape index (κ2) is 9.27. The number of nitrogens with zero attached hydrogens (tertiary/aromatic N) is 3. The summed E-state index contributed by atoms with van der Waals surface area (Å²) in [5.41, 5.74) is 5.78. The number of hydrogen-bond donors (Lipinski definition) is 2. The molecule has 0 aliphatic carbocycles. The lowest BCUT2D eigenvalue weighted by Gasteiger charge is -2.11. The monoisotopic (exact) mass is 387 g/mol. The predicted molar refractivity (Wildman–Crippen MR) is 114 cm³/mol. The molecule has 7 heteroatoms. The predicted octanol–water partition coefficient (Wildman–Crippen LogP) is 3.16. The van der Waals surface area contributed by atoms with E-state index in [9.17, 15) is 9.59 Å². The summed E-state index contributed by atoms with van der Waals surface area (Å²) in [6.45, 7) is 0. The number of hydrazone groups is 1. The molecule has 0 fully saturated rings. The van der Waals surface area contributed by atoms with Gasteiger partial charge in [0.1, 0.15) is 5.69 Å². The second-order valence-corrected chi connectivity index (χ2v) is 6.43. The number of carbonyl (C=O) groups is 2. The molecule has 0 spiro atoms. The molecule has 29 heavy (non-hydrogen) atoms. The highest BCUT2D eigenvalue weighted by Gasteiger charge is 2.08. The molecule has 3 rings (SSSR count). The van der Waals surface area contributed by atoms with Crippen molar-refractivity contribution in [2.24, 2.45) is 5.10 Å². The quantitative estimate of drug-likeness (QED) is 0.502. The van der Waals surface area contributed by atoms with Crippen LogP contribution in [-0.2, 0) is 0 Å². The van der Waals surface area contributed by atoms with E-state index < -0.39 is 0 Å². The summed E-state index contributed by atoms with van der Waals surface area (Å²) in [7, 11) is 3.94. The number of carbonyl (C=O) groups excluding carboxylic acids is 2. The number of amides is 2. The van der Waals surface area contributed by atoms with Gasteiger partial charge in [0.05, 0.1) is 6.21 Å². The number of hydrogen-bond acceptors (Lipinski definition) is 5. The Morgan fingerprint density at radius 2 is 1.66 bits per heavy atom. The highest BCUT2D eigenvalue weighted by molar-refractivity contribution is 6.03. The lowest BCUT2D eigenvalue weighted by atomic mass is 10.2. The Morgan fingerprint density at radius 1 is 0.931 bits per heavy atom. The van der Waals surface area contributed by atoms with Gasteiger partial charge in [0.2, 0.25) is 0 Å². The van der Waals surface area contributed by atoms with Gasteiger partial charge in [0.15, 0.2) is 0 Å². The fourth-order valence-corrected chi connectivity index (χ4v) is 2.49. The fourth-order valence-electron chi connectivity index (χ4n) is 2.49. The van der Waals surface area contributed by atoms with E-state index in [4.69, 9.17) is 0 Å². The molecule has 146 valence electrons. The smallest absolute Gasteiger partial charge is 0.274 e. The van der Waals surface area contributed by atoms with Crippen LogP contribution in [0.2, 0.25) is 0 Å². The standard InChI is InChI=1S/C22H21N5O2/c1-27(2)19-12-6-16(7-13-19)15-24-26-21(28)17-8-10-18(11-9-17)25-22(29)20-5-3-4-14-23-20/h3-15H,1-2H3,(H,25,29)(H,26,28)/b24-15+. The third-order valence-electron chi connectivity index (χ3n) is 4.09. The summed E-state index contributed by atoms with van der Waals surface area (Å²) in [6, 6.07) is 19.4. The van der Waals surface area contributed by atoms with Gasteiger partial charge in [-0.2, -0.15) is 5.10 Å². The normalized spacial score (nSPS) is 10.6. The minimum absolute atomic E-state index is 0.312. The maximum Gasteiger partial charge on any atom is 0.274 e. The lowest BCUT2D eigenvalue weighted by molar-refractivity contribution is 0.0954. The molecule has 0 radical (unpaired) electrons. The van der Waals surface area contributed by atoms with Crippen molar-refractivity contribution in [2.75, 3.05) is 24.3 Å². The third kappa shape index (κ3) is 5.49. The Hall–Kier alpha value is -4.00. The largest absolute Gasteiger partial charge is 0.378 e. The maximum atomic E-state index is 12.2. The van der Waals surface area contributed by atoms with Gasteiger partial charge in [-0.1, -0.05) is 18.2 Å². The first-order chi connectivity index (χ1) is 14.0. The van der Waals surface area contributed by atoms with Crippen molar-refractivity contribution in [1.82, 2.24) is 10.4 Å². The number of benzene rings is 2. The summed E-state index contributed by atoms with van der Waals surface area (Å²) in [5.74, 6) is -0.651. The average molecular weight is 387 g/mol. The number of nitrogens with one attached hydrogen (secondary N) is 2. The van der Waals surface area contributed by atoms with Crippen molar-refractivity contribution >= 4 is 29.4 Å². The molecule has 7 nitrogen and oxygen atoms in total. The highest BCUT2D eigenvalue weighted by Crippen LogP contribution is 2.12. The topological polar surface area (TPSA) is 86.7 Å². The van der Waals surface area contributed by atoms with E-state index in [1.54, 1.807) is 54.9 Å². The van der Waals surface area contributed by atoms with Gasteiger partial charge >= 0.3 is 0 Å². The van der Waals surface area contributed by atoms with E-state index in [-0.39, 0.29) is 11.8 Å². The fraction of sp³-hybridized carbons (Fsp3) is 0.0909. The summed E-state index contributed by atoms with van der Waals surface area (Å²) >= 11 is 0. The number of pyridine rings is 1. The van der Waals surface area contributed by atoms with E-state index in [1.807, 2.05) is 43.3 Å². The van der Waals surface area contributed by atoms with Crippen molar-refractivity contribution in [2.45, 2.75) is 0 Å². The zero-order valence-corrected chi connectivity index (χ0v) is 16.2. The Bertz CT molecular complexity index is 998. The summed E-state index contributed by atoms with van der Waals surface area (Å²) in [6.07, 6.45) is 3.14. The van der Waals surface area contributed by atoms with Gasteiger partial charge in [-0.25, -0.2) is 5.43 Å². The van der Waals surface area contributed by atoms with Crippen LogP contribution >= 0.6 is 0 Å². The van der Waals surface area contributed by atoms with Crippen molar-refractivity contribution < 1.29 is 9.59 Å². The van der Waals surface area contributed by atoms with Crippen molar-refractivity contribution in [3.05, 3.63) is 89.7 Å². The SMILES string of the molecule is CN(C)c1ccc(/C=N/NC(=O)c2ccc(NC(=O)c3ccccn3)cc2)cc1. The molecule has 3 aromatic rings. The van der Waals surface area contributed by atoms with Crippen LogP contribution in [0.4, 0.5) is 11.4 Å². The summed E-state index contributed by atoms with van der Waals surface area (Å²) in [5, 5.41) is 6.72. The van der Waals surface area contributed by atoms with Gasteiger partial charge in [-0.15, -0.1) is 0 Å². The average Bonchev–Trinajstić information content (AvgIpc) is 2.75. The van der Waals surface area contributed by atoms with Gasteiger partial charge in [-0.3, -0.25) is 14.6 Å². The lowest BCUT2D eigenvalue weighted by Crippen LogP contribution is -2.18. The van der Waals surface area contributed by atoms with E-state index in [1.165, 1.54) is 0 Å². The molecule has 2 aromatic carbocycles. The minimum atomic E-state index is -0.339. The van der Waals surface area contributed by atoms with Crippen LogP contribution in [0, 0.1) is 0 Å². The summed E-state index contributed by atoms with van der Waals surface area (Å²) < 4.78 is 0. The van der Waals surface area contributed by atoms with Crippen molar-refractivity contribution in [3.8, 4) is 0 Å². The zero-order valence-electron chi connectivity index (χ0n) is 16.2. The third-order valence-corrected chi connectivity index (χ3v) is 4.09. The molecule has 1 heterocycles. The van der Waals surface area contributed by atoms with Gasteiger partial charge in [-0.05, 0) is 54.1 Å². The van der Waals surface area contributed by atoms with E-state index in [0.717, 1.165) is 11.3 Å². The zero-order chi connectivity index (χ0) is 20.6. The van der Waals surface area contributed by atoms with E-state index >= 15 is 0 Å². The van der Waals surface area contributed by atoms with Crippen LogP contribution < -0.4 is 15.6 Å². The number of rotatable bonds is 6. The Morgan fingerprint density at radius 3 is 2.28 bits per heavy atom. The second-order valence-electron chi connectivity index (χ2n) is 6.43. The first-order valence-corrected chi connectivity index (χ1v) is 8.96. The molecule has 0 aliphatic rings. The molecule has 0 atom stereocenters. The van der Waals surface area contributed by atoms with Crippen LogP contribution in [0.3, 0.4) is 0 Å². The van der Waals surface area contributed by atoms with Crippen LogP contribution in [-0.4, -0.2) is 37.1 Å². The van der Waals surface area contributed by atoms with Crippen LogP contribution in [0.1, 0.15) is 26.4 Å². The van der Waals surface area contributed by atoms with E-state index in [2.05, 4.69) is 20.8 Å². The highest BCUT2D eigenvalue weighted by atomic mass is 16.2. The van der Waals surface area contributed by atoms with E-state index in [0.29, 0.717) is 16.9 Å². The molecule has 0 aliphatic heterocycles. The van der Waals surface area contributed by atoms with Gasteiger partial charge < -0.3 is 10.2 Å². The summed E-state index contributed by atoms with van der Waals surface area (Å²) in [4.78, 5) is 30.3. The first-order valence-electron chi connectivity index (χ1n) is 8.96. The van der Waals surface area contributed by atoms with Crippen LogP contribution in [0.15, 0.2) is 78.0 Å². The molecule has 1 aromatic heterocycles. The van der Waals surface area contributed by atoms with Gasteiger partial charge in [0, 0.05) is 37.2 Å². The number of anilines is 2. The first kappa shape index (κ1) is 19.8. The molecular formula is C22H21N5O2. The van der Waals surface area contributed by atoms with Crippen LogP contribution in [0.25, 0.3) is 0 Å². The van der Waals surface area contributed by atoms with Crippen molar-refractivity contribution in [3.63, 3.8) is 0 Å². The Labute approximate surface area is 169 Å². The van der Waals surface area contributed by atoms with Crippen molar-refractivity contribution in [1.29, 1.82) is 0 Å². The molecule has 0 unspecified atom stereocenters. The molecule has 0 bridgehead atoms. The molecular weight excluding hydrogens is 366 g/mol. The number of aromatic nitrogens is 1. The minimum Gasteiger partial charge on any atom is -0.378 e. The van der Waals surface area contributed by atoms with Crippen LogP contribution in [0.5, 0.6) is 0 Å². The maximum absolute atomic E-state index is 12.2. The molecule has 2 N–H and O–H groups in total.